The van der Waals surface area contributed by atoms with Crippen molar-refractivity contribution < 1.29 is 0 Å². The highest BCUT2D eigenvalue weighted by Gasteiger charge is 2.20. The molecule has 0 saturated heterocycles. The Morgan fingerprint density at radius 2 is 0.611 bits per heavy atom. The van der Waals surface area contributed by atoms with Crippen LogP contribution in [0.4, 0.5) is 0 Å². The van der Waals surface area contributed by atoms with Crippen molar-refractivity contribution in [2.24, 2.45) is 0 Å². The predicted molar refractivity (Wildman–Crippen MR) is 147 cm³/mol. The summed E-state index contributed by atoms with van der Waals surface area (Å²) in [6.07, 6.45) is 11.0. The molecule has 4 aromatic rings. The molecule has 3 heteroatoms. The Bertz CT molecular complexity index is 1360. The molecule has 0 atom stereocenters. The SMILES string of the molecule is N#Cc1c(C=Cc2ccccc2)c(C#N)c(C=Cc2ccccc2)c(C#N)c1C=Cc1ccccc1. The summed E-state index contributed by atoms with van der Waals surface area (Å²) in [4.78, 5) is 0. The van der Waals surface area contributed by atoms with Gasteiger partial charge in [0.15, 0.2) is 0 Å². The van der Waals surface area contributed by atoms with Crippen molar-refractivity contribution in [1.82, 2.24) is 0 Å². The Hall–Kier alpha value is -5.43. The van der Waals surface area contributed by atoms with Gasteiger partial charge in [0.1, 0.15) is 18.2 Å². The summed E-state index contributed by atoms with van der Waals surface area (Å²) in [5.74, 6) is 0. The monoisotopic (exact) mass is 459 g/mol. The highest BCUT2D eigenvalue weighted by Crippen LogP contribution is 2.32. The molecule has 0 aliphatic heterocycles. The molecule has 36 heavy (non-hydrogen) atoms. The molecule has 0 spiro atoms. The molecular weight excluding hydrogens is 438 g/mol. The van der Waals surface area contributed by atoms with Crippen LogP contribution in [-0.4, -0.2) is 0 Å². The Kier molecular flexibility index (Phi) is 7.66. The molecule has 4 aromatic carbocycles. The lowest BCUT2D eigenvalue weighted by Gasteiger charge is -2.13. The minimum Gasteiger partial charge on any atom is -0.192 e. The first-order valence-corrected chi connectivity index (χ1v) is 11.4. The third kappa shape index (κ3) is 5.37. The Balaban J connectivity index is 1.98. The minimum absolute atomic E-state index is 0.291. The summed E-state index contributed by atoms with van der Waals surface area (Å²) in [7, 11) is 0. The molecule has 0 aliphatic rings. The van der Waals surface area contributed by atoms with Crippen LogP contribution in [0.15, 0.2) is 91.0 Å². The van der Waals surface area contributed by atoms with Gasteiger partial charge < -0.3 is 0 Å². The molecule has 0 amide bonds. The highest BCUT2D eigenvalue weighted by atomic mass is 14.3. The van der Waals surface area contributed by atoms with E-state index in [2.05, 4.69) is 18.2 Å². The Labute approximate surface area is 211 Å². The van der Waals surface area contributed by atoms with Crippen LogP contribution in [0.3, 0.4) is 0 Å². The lowest BCUT2D eigenvalue weighted by atomic mass is 9.86. The van der Waals surface area contributed by atoms with Crippen LogP contribution in [0.25, 0.3) is 36.5 Å². The molecule has 168 valence electrons. The fraction of sp³-hybridized carbons (Fsp3) is 0. The summed E-state index contributed by atoms with van der Waals surface area (Å²) in [5.41, 5.74) is 5.17. The van der Waals surface area contributed by atoms with Gasteiger partial charge in [-0.2, -0.15) is 15.8 Å². The van der Waals surface area contributed by atoms with E-state index in [1.807, 2.05) is 109 Å². The lowest BCUT2D eigenvalue weighted by molar-refractivity contribution is 1.37. The van der Waals surface area contributed by atoms with E-state index in [4.69, 9.17) is 0 Å². The Morgan fingerprint density at radius 1 is 0.361 bits per heavy atom. The van der Waals surface area contributed by atoms with Crippen LogP contribution in [0, 0.1) is 34.0 Å². The first-order chi connectivity index (χ1) is 17.7. The zero-order valence-electron chi connectivity index (χ0n) is 19.5. The highest BCUT2D eigenvalue weighted by molar-refractivity contribution is 5.90. The molecule has 0 N–H and O–H groups in total. The van der Waals surface area contributed by atoms with Crippen molar-refractivity contribution in [1.29, 1.82) is 15.8 Å². The van der Waals surface area contributed by atoms with E-state index in [9.17, 15) is 15.8 Å². The van der Waals surface area contributed by atoms with Gasteiger partial charge in [-0.15, -0.1) is 0 Å². The second-order valence-electron chi connectivity index (χ2n) is 7.93. The molecule has 0 fully saturated rings. The topological polar surface area (TPSA) is 71.4 Å². The van der Waals surface area contributed by atoms with Gasteiger partial charge in [-0.3, -0.25) is 0 Å². The Morgan fingerprint density at radius 3 is 0.833 bits per heavy atom. The zero-order chi connectivity index (χ0) is 25.2. The number of nitrogens with zero attached hydrogens (tertiary/aromatic N) is 3. The van der Waals surface area contributed by atoms with Crippen LogP contribution in [0.1, 0.15) is 50.1 Å². The van der Waals surface area contributed by atoms with Crippen molar-refractivity contribution in [3.63, 3.8) is 0 Å². The summed E-state index contributed by atoms with van der Waals surface area (Å²) < 4.78 is 0. The molecule has 3 nitrogen and oxygen atoms in total. The normalized spacial score (nSPS) is 10.9. The van der Waals surface area contributed by atoms with Crippen molar-refractivity contribution >= 4 is 36.5 Å². The lowest BCUT2D eigenvalue weighted by Crippen LogP contribution is -2.02. The second kappa shape index (κ2) is 11.6. The van der Waals surface area contributed by atoms with E-state index in [1.165, 1.54) is 0 Å². The summed E-state index contributed by atoms with van der Waals surface area (Å²) in [6.45, 7) is 0. The smallest absolute Gasteiger partial charge is 0.100 e. The van der Waals surface area contributed by atoms with E-state index >= 15 is 0 Å². The maximum absolute atomic E-state index is 10.2. The molecule has 0 aliphatic carbocycles. The van der Waals surface area contributed by atoms with Crippen LogP contribution in [0.2, 0.25) is 0 Å². The van der Waals surface area contributed by atoms with Crippen LogP contribution in [-0.2, 0) is 0 Å². The van der Waals surface area contributed by atoms with Crippen molar-refractivity contribution in [3.8, 4) is 18.2 Å². The maximum atomic E-state index is 10.2. The average molecular weight is 460 g/mol. The molecule has 0 aromatic heterocycles. The van der Waals surface area contributed by atoms with Gasteiger partial charge in [0.05, 0.1) is 16.7 Å². The largest absolute Gasteiger partial charge is 0.192 e. The molecule has 4 rings (SSSR count). The van der Waals surface area contributed by atoms with Crippen LogP contribution < -0.4 is 0 Å². The number of benzene rings is 4. The predicted octanol–water partition coefficient (Wildman–Crippen LogP) is 7.81. The number of rotatable bonds is 6. The van der Waals surface area contributed by atoms with Crippen LogP contribution >= 0.6 is 0 Å². The van der Waals surface area contributed by atoms with Crippen molar-refractivity contribution in [2.75, 3.05) is 0 Å². The van der Waals surface area contributed by atoms with E-state index in [0.29, 0.717) is 33.4 Å². The van der Waals surface area contributed by atoms with E-state index in [-0.39, 0.29) is 0 Å². The van der Waals surface area contributed by atoms with Crippen molar-refractivity contribution in [2.45, 2.75) is 0 Å². The number of hydrogen-bond donors (Lipinski definition) is 0. The van der Waals surface area contributed by atoms with Gasteiger partial charge in [-0.1, -0.05) is 127 Å². The average Bonchev–Trinajstić information content (AvgIpc) is 2.94. The zero-order valence-corrected chi connectivity index (χ0v) is 19.5. The first kappa shape index (κ1) is 23.7. The van der Waals surface area contributed by atoms with Crippen molar-refractivity contribution in [3.05, 3.63) is 141 Å². The summed E-state index contributed by atoms with van der Waals surface area (Å²) in [6, 6.07) is 35.8. The maximum Gasteiger partial charge on any atom is 0.100 e. The van der Waals surface area contributed by atoms with E-state index < -0.39 is 0 Å². The van der Waals surface area contributed by atoms with Gasteiger partial charge in [-0.25, -0.2) is 0 Å². The minimum atomic E-state index is 0.291. The fourth-order valence-electron chi connectivity index (χ4n) is 3.90. The van der Waals surface area contributed by atoms with E-state index in [0.717, 1.165) is 16.7 Å². The van der Waals surface area contributed by atoms with Gasteiger partial charge in [0.2, 0.25) is 0 Å². The third-order valence-corrected chi connectivity index (χ3v) is 5.68. The van der Waals surface area contributed by atoms with Gasteiger partial charge in [0, 0.05) is 16.7 Å². The molecular formula is C33H21N3. The molecule has 0 bridgehead atoms. The first-order valence-electron chi connectivity index (χ1n) is 11.4. The van der Waals surface area contributed by atoms with Gasteiger partial charge in [-0.05, 0) is 16.7 Å². The second-order valence-corrected chi connectivity index (χ2v) is 7.93. The molecule has 0 heterocycles. The van der Waals surface area contributed by atoms with Crippen LogP contribution in [0.5, 0.6) is 0 Å². The standard InChI is InChI=1S/C33H21N3/c34-22-31-28(19-16-25-10-4-1-5-11-25)32(23-35)30(21-18-27-14-8-3-9-15-27)33(24-36)29(31)20-17-26-12-6-2-7-13-26/h1-21H. The number of hydrogen-bond acceptors (Lipinski definition) is 3. The fourth-order valence-corrected chi connectivity index (χ4v) is 3.90. The van der Waals surface area contributed by atoms with Gasteiger partial charge >= 0.3 is 0 Å². The summed E-state index contributed by atoms with van der Waals surface area (Å²) >= 11 is 0. The summed E-state index contributed by atoms with van der Waals surface area (Å²) in [5, 5.41) is 30.5. The van der Waals surface area contributed by atoms with E-state index in [1.54, 1.807) is 18.2 Å². The quantitative estimate of drug-likeness (QED) is 0.276. The molecule has 0 saturated carbocycles. The molecule has 0 radical (unpaired) electrons. The number of nitriles is 3. The molecule has 0 unspecified atom stereocenters. The van der Waals surface area contributed by atoms with Gasteiger partial charge in [0.25, 0.3) is 0 Å². The third-order valence-electron chi connectivity index (χ3n) is 5.68.